The second kappa shape index (κ2) is 10.7. The molecule has 0 aliphatic carbocycles. The zero-order valence-corrected chi connectivity index (χ0v) is 18.1. The van der Waals surface area contributed by atoms with Gasteiger partial charge in [-0.15, -0.1) is 0 Å². The molecule has 0 radical (unpaired) electrons. The predicted octanol–water partition coefficient (Wildman–Crippen LogP) is 5.05. The Bertz CT molecular complexity index is 752. The first kappa shape index (κ1) is 21.8. The summed E-state index contributed by atoms with van der Waals surface area (Å²) in [5.74, 6) is -1.22. The number of thiocarbonyl (C=S) groups is 2. The second-order valence-corrected chi connectivity index (χ2v) is 9.60. The monoisotopic (exact) mass is 434 g/mol. The van der Waals surface area contributed by atoms with E-state index in [2.05, 4.69) is 0 Å². The Morgan fingerprint density at radius 1 is 0.741 bits per heavy atom. The molecule has 0 aliphatic rings. The maximum atomic E-state index is 12.2. The van der Waals surface area contributed by atoms with Crippen LogP contribution >= 0.6 is 48.0 Å². The van der Waals surface area contributed by atoms with Crippen molar-refractivity contribution >= 4 is 68.3 Å². The van der Waals surface area contributed by atoms with E-state index in [0.29, 0.717) is 8.39 Å². The number of carbonyl (C=O) groups excluding carboxylic acids is 2. The molecule has 2 rings (SSSR count). The van der Waals surface area contributed by atoms with Gasteiger partial charge < -0.3 is 4.74 Å². The van der Waals surface area contributed by atoms with Crippen molar-refractivity contribution < 1.29 is 14.3 Å². The summed E-state index contributed by atoms with van der Waals surface area (Å²) in [5, 5.41) is -1.17. The number of esters is 2. The molecule has 0 fully saturated rings. The summed E-state index contributed by atoms with van der Waals surface area (Å²) in [4.78, 5) is 24.4. The fourth-order valence-electron chi connectivity index (χ4n) is 1.97. The molecule has 0 saturated heterocycles. The zero-order valence-electron chi connectivity index (χ0n) is 14.8. The molecule has 0 amide bonds. The minimum Gasteiger partial charge on any atom is -0.391 e. The van der Waals surface area contributed by atoms with E-state index in [1.165, 1.54) is 23.5 Å². The van der Waals surface area contributed by atoms with Crippen molar-refractivity contribution in [3.8, 4) is 0 Å². The van der Waals surface area contributed by atoms with Crippen LogP contribution in [-0.2, 0) is 14.3 Å². The van der Waals surface area contributed by atoms with Crippen LogP contribution in [0.5, 0.6) is 0 Å². The maximum Gasteiger partial charge on any atom is 0.326 e. The minimum atomic E-state index is -0.610. The van der Waals surface area contributed by atoms with Crippen LogP contribution in [0.2, 0.25) is 0 Å². The van der Waals surface area contributed by atoms with Gasteiger partial charge >= 0.3 is 11.9 Å². The van der Waals surface area contributed by atoms with Crippen molar-refractivity contribution in [1.29, 1.82) is 0 Å². The fourth-order valence-corrected chi connectivity index (χ4v) is 4.58. The van der Waals surface area contributed by atoms with Gasteiger partial charge in [0.05, 0.1) is 8.39 Å². The Hall–Kier alpha value is -1.54. The third kappa shape index (κ3) is 6.84. The largest absolute Gasteiger partial charge is 0.391 e. The molecule has 0 N–H and O–H groups in total. The van der Waals surface area contributed by atoms with E-state index < -0.39 is 22.4 Å². The lowest BCUT2D eigenvalue weighted by Gasteiger charge is -2.14. The lowest BCUT2D eigenvalue weighted by atomic mass is 10.2. The Kier molecular flexibility index (Phi) is 8.63. The summed E-state index contributed by atoms with van der Waals surface area (Å²) >= 11 is 13.1. The number of hydrogen-bond acceptors (Lipinski definition) is 7. The number of rotatable bonds is 6. The summed E-state index contributed by atoms with van der Waals surface area (Å²) in [6, 6.07) is 18.8. The lowest BCUT2D eigenvalue weighted by molar-refractivity contribution is -0.158. The van der Waals surface area contributed by atoms with Gasteiger partial charge in [-0.3, -0.25) is 9.59 Å². The van der Waals surface area contributed by atoms with Gasteiger partial charge in [0.15, 0.2) is 0 Å². The quantitative estimate of drug-likeness (QED) is 0.358. The Balaban J connectivity index is 1.85. The summed E-state index contributed by atoms with van der Waals surface area (Å²) in [5.41, 5.74) is 1.72. The molecule has 27 heavy (non-hydrogen) atoms. The molecule has 7 heteroatoms. The van der Waals surface area contributed by atoms with Crippen LogP contribution in [0.4, 0.5) is 0 Å². The number of benzene rings is 2. The van der Waals surface area contributed by atoms with E-state index in [0.717, 1.165) is 11.1 Å². The smallest absolute Gasteiger partial charge is 0.326 e. The van der Waals surface area contributed by atoms with Crippen LogP contribution in [0.3, 0.4) is 0 Å². The van der Waals surface area contributed by atoms with Crippen LogP contribution in [0.15, 0.2) is 60.7 Å². The molecule has 0 spiro atoms. The molecule has 0 bridgehead atoms. The first-order valence-electron chi connectivity index (χ1n) is 8.16. The number of carbonyl (C=O) groups is 2. The van der Waals surface area contributed by atoms with Gasteiger partial charge in [-0.1, -0.05) is 109 Å². The molecule has 2 unspecified atom stereocenters. The normalized spacial score (nSPS) is 12.7. The highest BCUT2D eigenvalue weighted by atomic mass is 32.2. The second-order valence-electron chi connectivity index (χ2n) is 5.57. The number of hydrogen-bond donors (Lipinski definition) is 0. The number of thioether (sulfide) groups is 2. The summed E-state index contributed by atoms with van der Waals surface area (Å²) in [7, 11) is 0. The van der Waals surface area contributed by atoms with Crippen LogP contribution in [0.25, 0.3) is 0 Å². The van der Waals surface area contributed by atoms with E-state index in [4.69, 9.17) is 29.2 Å². The van der Waals surface area contributed by atoms with E-state index >= 15 is 0 Å². The molecule has 2 aromatic carbocycles. The van der Waals surface area contributed by atoms with E-state index in [9.17, 15) is 9.59 Å². The molecular formula is C20H18O3S4. The van der Waals surface area contributed by atoms with Crippen molar-refractivity contribution in [2.75, 3.05) is 0 Å². The average Bonchev–Trinajstić information content (AvgIpc) is 2.68. The fraction of sp³-hybridized carbons (Fsp3) is 0.200. The maximum absolute atomic E-state index is 12.2. The first-order valence-corrected chi connectivity index (χ1v) is 10.7. The lowest BCUT2D eigenvalue weighted by Crippen LogP contribution is -2.27. The van der Waals surface area contributed by atoms with E-state index in [1.54, 1.807) is 13.8 Å². The molecule has 0 saturated carbocycles. The predicted molar refractivity (Wildman–Crippen MR) is 121 cm³/mol. The topological polar surface area (TPSA) is 43.4 Å². The van der Waals surface area contributed by atoms with Crippen LogP contribution in [-0.4, -0.2) is 30.8 Å². The summed E-state index contributed by atoms with van der Waals surface area (Å²) in [6.07, 6.45) is 0. The number of ether oxygens (including phenoxy) is 1. The Morgan fingerprint density at radius 2 is 1.07 bits per heavy atom. The van der Waals surface area contributed by atoms with Gasteiger partial charge in [-0.2, -0.15) is 0 Å². The summed E-state index contributed by atoms with van der Waals surface area (Å²) in [6.45, 7) is 3.34. The van der Waals surface area contributed by atoms with Gasteiger partial charge in [-0.05, 0) is 25.0 Å². The standard InChI is InChI=1S/C20H18O3S4/c1-13(26-19(24)15-9-5-3-6-10-15)17(21)23-18(22)14(2)27-20(25)16-11-7-4-8-12-16/h3-14H,1-2H3. The average molecular weight is 435 g/mol. The van der Waals surface area contributed by atoms with Crippen molar-refractivity contribution in [2.24, 2.45) is 0 Å². The molecule has 0 aliphatic heterocycles. The van der Waals surface area contributed by atoms with E-state index in [-0.39, 0.29) is 0 Å². The molecule has 0 heterocycles. The molecule has 0 aromatic heterocycles. The molecule has 2 atom stereocenters. The highest BCUT2D eigenvalue weighted by Crippen LogP contribution is 2.23. The van der Waals surface area contributed by atoms with Crippen molar-refractivity contribution in [2.45, 2.75) is 24.3 Å². The minimum absolute atomic E-state index is 0.583. The Labute approximate surface area is 178 Å². The van der Waals surface area contributed by atoms with Crippen LogP contribution in [0, 0.1) is 0 Å². The SMILES string of the molecule is CC(SC(=S)c1ccccc1)C(=O)OC(=O)C(C)SC(=S)c1ccccc1. The van der Waals surface area contributed by atoms with Gasteiger partial charge in [0.25, 0.3) is 0 Å². The molecule has 2 aromatic rings. The molecule has 3 nitrogen and oxygen atoms in total. The molecule has 140 valence electrons. The Morgan fingerprint density at radius 3 is 1.41 bits per heavy atom. The highest BCUT2D eigenvalue weighted by Gasteiger charge is 2.25. The van der Waals surface area contributed by atoms with Crippen molar-refractivity contribution in [1.82, 2.24) is 0 Å². The molecular weight excluding hydrogens is 416 g/mol. The first-order chi connectivity index (χ1) is 12.9. The van der Waals surface area contributed by atoms with Gasteiger partial charge in [0.1, 0.15) is 10.5 Å². The van der Waals surface area contributed by atoms with E-state index in [1.807, 2.05) is 60.7 Å². The van der Waals surface area contributed by atoms with Crippen molar-refractivity contribution in [3.05, 3.63) is 71.8 Å². The highest BCUT2D eigenvalue weighted by molar-refractivity contribution is 8.24. The van der Waals surface area contributed by atoms with Crippen molar-refractivity contribution in [3.63, 3.8) is 0 Å². The van der Waals surface area contributed by atoms with Gasteiger partial charge in [0, 0.05) is 0 Å². The zero-order chi connectivity index (χ0) is 19.8. The van der Waals surface area contributed by atoms with Crippen LogP contribution in [0.1, 0.15) is 25.0 Å². The van der Waals surface area contributed by atoms with Gasteiger partial charge in [-0.25, -0.2) is 0 Å². The summed E-state index contributed by atoms with van der Waals surface area (Å²) < 4.78 is 6.18. The van der Waals surface area contributed by atoms with Crippen LogP contribution < -0.4 is 0 Å². The third-order valence-electron chi connectivity index (χ3n) is 3.45. The van der Waals surface area contributed by atoms with Gasteiger partial charge in [0.2, 0.25) is 0 Å². The third-order valence-corrected chi connectivity index (χ3v) is 6.49.